The van der Waals surface area contributed by atoms with Crippen LogP contribution in [-0.2, 0) is 10.8 Å². The van der Waals surface area contributed by atoms with Gasteiger partial charge < -0.3 is 5.32 Å². The van der Waals surface area contributed by atoms with Gasteiger partial charge in [0.15, 0.2) is 0 Å². The van der Waals surface area contributed by atoms with Gasteiger partial charge in [-0.3, -0.25) is 13.8 Å². The van der Waals surface area contributed by atoms with E-state index in [4.69, 9.17) is 0 Å². The first-order valence-electron chi connectivity index (χ1n) is 11.0. The van der Waals surface area contributed by atoms with Gasteiger partial charge in [0.2, 0.25) is 5.43 Å². The number of aromatic nitrogens is 2. The molecule has 166 valence electrons. The molecule has 2 N–H and O–H groups in total. The monoisotopic (exact) mass is 458 g/mol. The van der Waals surface area contributed by atoms with Gasteiger partial charge in [0, 0.05) is 16.7 Å². The van der Waals surface area contributed by atoms with Gasteiger partial charge in [0.1, 0.15) is 22.8 Å². The van der Waals surface area contributed by atoms with Gasteiger partial charge in [-0.1, -0.05) is 31.2 Å². The molecule has 2 aromatic carbocycles. The van der Waals surface area contributed by atoms with Crippen LogP contribution in [0.4, 0.5) is 0 Å². The lowest BCUT2D eigenvalue weighted by atomic mass is 10.0. The molecule has 1 aliphatic rings. The molecule has 6 nitrogen and oxygen atoms in total. The lowest BCUT2D eigenvalue weighted by Crippen LogP contribution is -2.32. The van der Waals surface area contributed by atoms with Crippen molar-refractivity contribution < 1.29 is 14.0 Å². The quantitative estimate of drug-likeness (QED) is 0.480. The number of hydrogen-bond acceptors (Lipinski definition) is 3. The molecule has 2 aromatic heterocycles. The Labute approximate surface area is 193 Å². The zero-order valence-corrected chi connectivity index (χ0v) is 19.0. The van der Waals surface area contributed by atoms with Crippen molar-refractivity contribution in [1.29, 1.82) is 0 Å². The van der Waals surface area contributed by atoms with Crippen molar-refractivity contribution in [2.45, 2.75) is 30.7 Å². The Morgan fingerprint density at radius 1 is 1.09 bits per heavy atom. The van der Waals surface area contributed by atoms with E-state index in [-0.39, 0.29) is 22.9 Å². The fourth-order valence-electron chi connectivity index (χ4n) is 3.87. The second kappa shape index (κ2) is 8.75. The maximum atomic E-state index is 13.0. The van der Waals surface area contributed by atoms with Crippen molar-refractivity contribution >= 4 is 27.7 Å². The molecule has 33 heavy (non-hydrogen) atoms. The van der Waals surface area contributed by atoms with E-state index < -0.39 is 10.8 Å². The largest absolute Gasteiger partial charge is 0.349 e. The van der Waals surface area contributed by atoms with Crippen molar-refractivity contribution in [1.82, 2.24) is 9.88 Å². The summed E-state index contributed by atoms with van der Waals surface area (Å²) >= 11 is 0. The summed E-state index contributed by atoms with van der Waals surface area (Å²) in [6, 6.07) is 19.3. The first-order chi connectivity index (χ1) is 16.0. The van der Waals surface area contributed by atoms with Crippen molar-refractivity contribution in [3.8, 4) is 16.8 Å². The maximum absolute atomic E-state index is 13.0. The van der Waals surface area contributed by atoms with Crippen LogP contribution in [0.15, 0.2) is 82.7 Å². The molecule has 1 amide bonds. The number of hydrogen-bond donors (Lipinski definition) is 1. The van der Waals surface area contributed by atoms with E-state index in [1.807, 2.05) is 60.0 Å². The molecule has 7 heteroatoms. The van der Waals surface area contributed by atoms with Crippen LogP contribution in [0.5, 0.6) is 0 Å². The van der Waals surface area contributed by atoms with Crippen LogP contribution in [-0.4, -0.2) is 26.5 Å². The Morgan fingerprint density at radius 2 is 1.88 bits per heavy atom. The van der Waals surface area contributed by atoms with Gasteiger partial charge in [-0.25, -0.2) is 4.98 Å². The third-order valence-corrected chi connectivity index (χ3v) is 7.14. The smallest absolute Gasteiger partial charge is 0.295 e. The molecule has 0 bridgehead atoms. The first kappa shape index (κ1) is 21.3. The summed E-state index contributed by atoms with van der Waals surface area (Å²) in [6.45, 7) is 1.90. The van der Waals surface area contributed by atoms with Gasteiger partial charge in [0.05, 0.1) is 17.0 Å². The number of amides is 1. The van der Waals surface area contributed by atoms with E-state index in [0.29, 0.717) is 16.8 Å². The number of rotatable bonds is 6. The molecule has 1 aliphatic carbocycles. The third-order valence-electron chi connectivity index (χ3n) is 5.82. The number of fused-ring (bicyclic) bond motifs is 1. The van der Waals surface area contributed by atoms with Crippen LogP contribution < -0.4 is 15.7 Å². The fraction of sp³-hybridized carbons (Fsp3) is 0.192. The highest BCUT2D eigenvalue weighted by Gasteiger charge is 2.27. The number of nitrogens with zero attached hydrogens (tertiary/aromatic N) is 1. The van der Waals surface area contributed by atoms with E-state index >= 15 is 0 Å². The lowest BCUT2D eigenvalue weighted by molar-refractivity contribution is -0.348. The minimum absolute atomic E-state index is 0.130. The molecular formula is C26H24N3O3S+. The molecule has 1 saturated carbocycles. The average Bonchev–Trinajstić information content (AvgIpc) is 3.68. The summed E-state index contributed by atoms with van der Waals surface area (Å²) in [5.74, 6) is 0.249. The maximum Gasteiger partial charge on any atom is 0.295 e. The molecule has 0 saturated heterocycles. The minimum Gasteiger partial charge on any atom is -0.349 e. The van der Waals surface area contributed by atoms with Crippen molar-refractivity contribution in [2.75, 3.05) is 5.75 Å². The minimum atomic E-state index is -0.990. The van der Waals surface area contributed by atoms with Gasteiger partial charge in [-0.05, 0) is 60.4 Å². The Morgan fingerprint density at radius 3 is 2.61 bits per heavy atom. The molecule has 1 fully saturated rings. The number of pyridine rings is 2. The van der Waals surface area contributed by atoms with E-state index in [1.165, 1.54) is 0 Å². The van der Waals surface area contributed by atoms with E-state index in [0.717, 1.165) is 34.6 Å². The second-order valence-corrected chi connectivity index (χ2v) is 9.87. The summed E-state index contributed by atoms with van der Waals surface area (Å²) in [7, 11) is -0.990. The molecule has 2 heterocycles. The summed E-state index contributed by atoms with van der Waals surface area (Å²) in [4.78, 5) is 29.8. The number of carbonyl (C=O) groups excluding carboxylic acids is 1. The number of carbonyl (C=O) groups is 1. The standard InChI is InChI=1S/C26H23N3O3S/c1-2-33(32)21-12-8-17(9-13-21)18-5-3-6-20(15-18)29-16-23(26(31)28-19-10-11-19)24(30)22-7-4-14-27-25(22)29/h3-9,12-16,19H,2,10-11H2,1H3,(H,28,31)/p+1. The van der Waals surface area contributed by atoms with Gasteiger partial charge >= 0.3 is 0 Å². The van der Waals surface area contributed by atoms with Crippen LogP contribution in [0.25, 0.3) is 27.8 Å². The predicted octanol–water partition coefficient (Wildman–Crippen LogP) is 3.49. The third kappa shape index (κ3) is 4.24. The Bertz CT molecular complexity index is 1440. The van der Waals surface area contributed by atoms with Crippen molar-refractivity contribution in [3.63, 3.8) is 0 Å². The molecule has 4 aromatic rings. The molecule has 1 atom stereocenters. The van der Waals surface area contributed by atoms with Crippen molar-refractivity contribution in [2.24, 2.45) is 0 Å². The number of H-pyrrole nitrogens is 1. The Balaban J connectivity index is 1.60. The summed E-state index contributed by atoms with van der Waals surface area (Å²) < 4.78 is 13.9. The average molecular weight is 459 g/mol. The number of aromatic amines is 1. The summed E-state index contributed by atoms with van der Waals surface area (Å²) in [5, 5.41) is 3.38. The number of benzene rings is 2. The topological polar surface area (TPSA) is 82.3 Å². The lowest BCUT2D eigenvalue weighted by Gasteiger charge is -2.09. The van der Waals surface area contributed by atoms with E-state index in [1.54, 1.807) is 24.5 Å². The predicted molar refractivity (Wildman–Crippen MR) is 129 cm³/mol. The van der Waals surface area contributed by atoms with Crippen LogP contribution >= 0.6 is 0 Å². The highest BCUT2D eigenvalue weighted by molar-refractivity contribution is 7.85. The second-order valence-electron chi connectivity index (χ2n) is 8.13. The molecular weight excluding hydrogens is 434 g/mol. The Kier molecular flexibility index (Phi) is 5.64. The van der Waals surface area contributed by atoms with Crippen LogP contribution in [0.3, 0.4) is 0 Å². The molecule has 0 radical (unpaired) electrons. The van der Waals surface area contributed by atoms with E-state index in [9.17, 15) is 13.8 Å². The Hall–Kier alpha value is -3.58. The SMILES string of the molecule is CCS(=O)c1ccc(-c2cccc(-n3cc(C(=O)NC4CC4)c(=O)c4ccc[nH+]c43)c2)cc1. The van der Waals surface area contributed by atoms with Gasteiger partial charge in [0.25, 0.3) is 11.6 Å². The molecule has 0 spiro atoms. The van der Waals surface area contributed by atoms with Gasteiger partial charge in [-0.2, -0.15) is 4.57 Å². The zero-order chi connectivity index (χ0) is 22.9. The summed E-state index contributed by atoms with van der Waals surface area (Å²) in [5.41, 5.74) is 3.26. The highest BCUT2D eigenvalue weighted by atomic mass is 32.2. The fourth-order valence-corrected chi connectivity index (χ4v) is 4.64. The number of nitrogens with one attached hydrogen (secondary N) is 2. The molecule has 5 rings (SSSR count). The zero-order valence-electron chi connectivity index (χ0n) is 18.2. The van der Waals surface area contributed by atoms with Crippen LogP contribution in [0.2, 0.25) is 0 Å². The summed E-state index contributed by atoms with van der Waals surface area (Å²) in [6.07, 6.45) is 5.28. The van der Waals surface area contributed by atoms with E-state index in [2.05, 4.69) is 10.3 Å². The molecule has 1 unspecified atom stereocenters. The first-order valence-corrected chi connectivity index (χ1v) is 12.3. The van der Waals surface area contributed by atoms with Crippen molar-refractivity contribution in [3.05, 3.63) is 88.8 Å². The highest BCUT2D eigenvalue weighted by Crippen LogP contribution is 2.25. The normalized spacial score (nSPS) is 14.2. The van der Waals surface area contributed by atoms with Crippen LogP contribution in [0, 0.1) is 0 Å². The van der Waals surface area contributed by atoms with Gasteiger partial charge in [-0.15, -0.1) is 0 Å². The molecule has 0 aliphatic heterocycles. The van der Waals surface area contributed by atoms with Crippen LogP contribution in [0.1, 0.15) is 30.1 Å².